The molecule has 1 aromatic carbocycles. The van der Waals surface area contributed by atoms with Crippen molar-refractivity contribution in [3.05, 3.63) is 47.7 Å². The maximum atomic E-state index is 13.3. The molecule has 3 aromatic rings. The Morgan fingerprint density at radius 2 is 2.02 bits per heavy atom. The van der Waals surface area contributed by atoms with Gasteiger partial charge in [-0.3, -0.25) is 13.8 Å². The Bertz CT molecular complexity index is 1510. The second-order valence-corrected chi connectivity index (χ2v) is 13.7. The number of thiazole rings is 1. The van der Waals surface area contributed by atoms with Gasteiger partial charge in [-0.1, -0.05) is 17.3 Å². The van der Waals surface area contributed by atoms with Gasteiger partial charge in [0.15, 0.2) is 29.7 Å². The molecule has 3 heterocycles. The van der Waals surface area contributed by atoms with Crippen molar-refractivity contribution in [3.63, 3.8) is 0 Å². The lowest BCUT2D eigenvalue weighted by Crippen LogP contribution is -2.57. The molecule has 0 radical (unpaired) electrons. The largest absolute Gasteiger partial charge is 0.494 e. The Kier molecular flexibility index (Phi) is 14.7. The van der Waals surface area contributed by atoms with Crippen LogP contribution in [-0.4, -0.2) is 84.3 Å². The van der Waals surface area contributed by atoms with Gasteiger partial charge in [0, 0.05) is 24.4 Å². The summed E-state index contributed by atoms with van der Waals surface area (Å²) < 4.78 is 20.6. The molecule has 4 rings (SSSR count). The molecule has 268 valence electrons. The number of rotatable bonds is 22. The standard InChI is InChI=1S/C32H47N9O6S2/c1-23(32(2,3)41(22-42)47-49-44-4)36-30(43)29(28-21-48-31(34)37-28)38-46-15-6-5-14-45-27-10-8-25(9-11-27)26-19-39(13-7-12-33)40(20-26)18-24-16-35-17-24/h8-11,19-24,35H,5-7,12-18,33H2,1-4H3,(H2-,34,36,37,43)/p+1/b38-29-. The number of aromatic nitrogens is 3. The van der Waals surface area contributed by atoms with Crippen molar-refractivity contribution in [2.24, 2.45) is 16.8 Å². The molecule has 2 aromatic heterocycles. The van der Waals surface area contributed by atoms with E-state index in [1.807, 2.05) is 12.1 Å². The highest BCUT2D eigenvalue weighted by Crippen LogP contribution is 2.24. The topological polar surface area (TPSA) is 184 Å². The third kappa shape index (κ3) is 10.9. The number of carbonyl (C=O) groups excluding carboxylic acids is 2. The van der Waals surface area contributed by atoms with Crippen LogP contribution in [0.1, 0.15) is 45.7 Å². The summed E-state index contributed by atoms with van der Waals surface area (Å²) in [5, 5.41) is 13.3. The quantitative estimate of drug-likeness (QED) is 0.0299. The molecule has 15 nitrogen and oxygen atoms in total. The van der Waals surface area contributed by atoms with Crippen molar-refractivity contribution in [3.8, 4) is 16.9 Å². The van der Waals surface area contributed by atoms with Gasteiger partial charge in [0.05, 0.1) is 43.6 Å². The van der Waals surface area contributed by atoms with Gasteiger partial charge in [0.1, 0.15) is 18.1 Å². The maximum Gasteiger partial charge on any atom is 0.275 e. The molecule has 2 amide bonds. The van der Waals surface area contributed by atoms with Gasteiger partial charge in [0.25, 0.3) is 5.91 Å². The van der Waals surface area contributed by atoms with Crippen LogP contribution < -0.4 is 31.5 Å². The summed E-state index contributed by atoms with van der Waals surface area (Å²) in [5.74, 6) is 0.905. The molecule has 1 fully saturated rings. The fourth-order valence-electron chi connectivity index (χ4n) is 4.86. The maximum absolute atomic E-state index is 13.3. The van der Waals surface area contributed by atoms with E-state index in [1.165, 1.54) is 24.0 Å². The average Bonchev–Trinajstić information content (AvgIpc) is 3.69. The van der Waals surface area contributed by atoms with Gasteiger partial charge in [-0.05, 0) is 64.3 Å². The highest BCUT2D eigenvalue weighted by atomic mass is 32.2. The van der Waals surface area contributed by atoms with Crippen LogP contribution in [0, 0.1) is 5.92 Å². The minimum absolute atomic E-state index is 0.0305. The number of nitrogens with one attached hydrogen (secondary N) is 2. The van der Waals surface area contributed by atoms with Crippen LogP contribution >= 0.6 is 23.7 Å². The number of hydroxylamine groups is 2. The minimum Gasteiger partial charge on any atom is -0.494 e. The van der Waals surface area contributed by atoms with E-state index in [1.54, 1.807) is 26.2 Å². The predicted octanol–water partition coefficient (Wildman–Crippen LogP) is 2.51. The summed E-state index contributed by atoms with van der Waals surface area (Å²) in [6.07, 6.45) is 7.22. The first kappa shape index (κ1) is 38.1. The number of ether oxygens (including phenoxy) is 1. The normalized spacial score (nSPS) is 14.3. The number of anilines is 1. The third-order valence-corrected chi connectivity index (χ3v) is 9.31. The first-order valence-corrected chi connectivity index (χ1v) is 17.8. The van der Waals surface area contributed by atoms with Crippen molar-refractivity contribution in [2.75, 3.05) is 45.7 Å². The number of benzene rings is 1. The molecule has 0 aliphatic carbocycles. The average molecular weight is 719 g/mol. The highest BCUT2D eigenvalue weighted by molar-refractivity contribution is 7.89. The molecule has 6 N–H and O–H groups in total. The summed E-state index contributed by atoms with van der Waals surface area (Å²) in [7, 11) is 1.41. The van der Waals surface area contributed by atoms with Crippen LogP contribution in [0.5, 0.6) is 5.75 Å². The van der Waals surface area contributed by atoms with Crippen molar-refractivity contribution in [1.29, 1.82) is 0 Å². The molecule has 1 unspecified atom stereocenters. The molecule has 0 spiro atoms. The van der Waals surface area contributed by atoms with Crippen LogP contribution in [-0.2, 0) is 36.0 Å². The van der Waals surface area contributed by atoms with E-state index >= 15 is 0 Å². The van der Waals surface area contributed by atoms with E-state index in [4.69, 9.17) is 29.5 Å². The number of amides is 2. The molecule has 1 saturated heterocycles. The van der Waals surface area contributed by atoms with Gasteiger partial charge < -0.3 is 31.7 Å². The van der Waals surface area contributed by atoms with Crippen LogP contribution in [0.3, 0.4) is 0 Å². The van der Waals surface area contributed by atoms with E-state index in [0.717, 1.165) is 49.0 Å². The zero-order valence-corrected chi connectivity index (χ0v) is 30.1. The molecular weight excluding hydrogens is 671 g/mol. The summed E-state index contributed by atoms with van der Waals surface area (Å²) in [4.78, 5) is 34.6. The molecule has 1 aliphatic rings. The lowest BCUT2D eigenvalue weighted by atomic mass is 9.95. The van der Waals surface area contributed by atoms with Crippen molar-refractivity contribution in [2.45, 2.75) is 64.7 Å². The highest BCUT2D eigenvalue weighted by Gasteiger charge is 2.36. The van der Waals surface area contributed by atoms with E-state index < -0.39 is 17.5 Å². The van der Waals surface area contributed by atoms with Crippen molar-refractivity contribution < 1.29 is 32.3 Å². The monoisotopic (exact) mass is 718 g/mol. The molecular formula is C32H48N9O6S2+. The SMILES string of the molecule is COSON(C=O)C(C)(C)C(C)NC(=O)/C(=N\OCCCCOc1ccc(-c2cn(CCCN)[n+](CC3CNC3)c2)cc1)c1csc(N)n1. The number of nitrogen functional groups attached to an aromatic ring is 1. The predicted molar refractivity (Wildman–Crippen MR) is 189 cm³/mol. The molecule has 0 saturated carbocycles. The number of nitrogens with zero attached hydrogens (tertiary/aromatic N) is 5. The number of carbonyl (C=O) groups is 2. The first-order valence-electron chi connectivity index (χ1n) is 16.2. The van der Waals surface area contributed by atoms with E-state index in [0.29, 0.717) is 50.6 Å². The van der Waals surface area contributed by atoms with Gasteiger partial charge >= 0.3 is 0 Å². The smallest absolute Gasteiger partial charge is 0.275 e. The summed E-state index contributed by atoms with van der Waals surface area (Å²) >= 11 is 1.82. The Morgan fingerprint density at radius 1 is 1.27 bits per heavy atom. The number of oxime groups is 1. The Balaban J connectivity index is 1.26. The van der Waals surface area contributed by atoms with Crippen LogP contribution in [0.4, 0.5) is 5.13 Å². The number of hydrogen-bond donors (Lipinski definition) is 4. The van der Waals surface area contributed by atoms with E-state index in [-0.39, 0.29) is 23.1 Å². The number of hydrogen-bond acceptors (Lipinski definition) is 13. The molecule has 0 bridgehead atoms. The number of nitrogens with two attached hydrogens (primary N) is 2. The summed E-state index contributed by atoms with van der Waals surface area (Å²) in [6, 6.07) is 7.55. The van der Waals surface area contributed by atoms with Crippen molar-refractivity contribution >= 4 is 46.8 Å². The summed E-state index contributed by atoms with van der Waals surface area (Å²) in [5.41, 5.74) is 13.2. The zero-order valence-electron chi connectivity index (χ0n) is 28.5. The Hall–Kier alpha value is -3.74. The van der Waals surface area contributed by atoms with Crippen molar-refractivity contribution in [1.82, 2.24) is 25.4 Å². The molecule has 49 heavy (non-hydrogen) atoms. The Morgan fingerprint density at radius 3 is 2.65 bits per heavy atom. The fourth-order valence-corrected chi connectivity index (χ4v) is 5.76. The van der Waals surface area contributed by atoms with Gasteiger partial charge in [-0.2, -0.15) is 8.97 Å². The third-order valence-electron chi connectivity index (χ3n) is 8.28. The van der Waals surface area contributed by atoms with Gasteiger partial charge in [-0.25, -0.2) is 10.0 Å². The second-order valence-electron chi connectivity index (χ2n) is 12.2. The number of aryl methyl sites for hydroxylation is 1. The van der Waals surface area contributed by atoms with Gasteiger partial charge in [0.2, 0.25) is 12.6 Å². The second kappa shape index (κ2) is 18.9. The Labute approximate surface area is 295 Å². The molecule has 1 atom stereocenters. The lowest BCUT2D eigenvalue weighted by Gasteiger charge is -2.38. The van der Waals surface area contributed by atoms with E-state index in [2.05, 4.69) is 54.7 Å². The first-order chi connectivity index (χ1) is 23.7. The summed E-state index contributed by atoms with van der Waals surface area (Å²) in [6.45, 7) is 10.6. The molecule has 17 heteroatoms. The number of unbranched alkanes of at least 4 members (excludes halogenated alkanes) is 1. The fraction of sp³-hybridized carbons (Fsp3) is 0.531. The minimum atomic E-state index is -0.942. The molecule has 1 aliphatic heterocycles. The van der Waals surface area contributed by atoms with Crippen LogP contribution in [0.15, 0.2) is 47.2 Å². The lowest BCUT2D eigenvalue weighted by molar-refractivity contribution is -0.781. The zero-order chi connectivity index (χ0) is 35.2. The van der Waals surface area contributed by atoms with Gasteiger partial charge in [-0.15, -0.1) is 16.0 Å². The van der Waals surface area contributed by atoms with Crippen LogP contribution in [0.2, 0.25) is 0 Å². The van der Waals surface area contributed by atoms with E-state index in [9.17, 15) is 9.59 Å². The van der Waals surface area contributed by atoms with Crippen LogP contribution in [0.25, 0.3) is 11.1 Å².